The first kappa shape index (κ1) is 15.1. The van der Waals surface area contributed by atoms with Crippen molar-refractivity contribution in [3.63, 3.8) is 0 Å². The van der Waals surface area contributed by atoms with E-state index in [4.69, 9.17) is 9.84 Å². The van der Waals surface area contributed by atoms with Gasteiger partial charge in [-0.25, -0.2) is 4.68 Å². The lowest BCUT2D eigenvalue weighted by molar-refractivity contribution is 0.0397. The van der Waals surface area contributed by atoms with Gasteiger partial charge in [0.15, 0.2) is 0 Å². The highest BCUT2D eigenvalue weighted by molar-refractivity contribution is 7.13. The summed E-state index contributed by atoms with van der Waals surface area (Å²) in [7, 11) is 0. The van der Waals surface area contributed by atoms with Crippen molar-refractivity contribution < 1.29 is 4.74 Å². The van der Waals surface area contributed by atoms with Crippen molar-refractivity contribution in [1.29, 1.82) is 0 Å². The van der Waals surface area contributed by atoms with E-state index in [1.165, 1.54) is 0 Å². The van der Waals surface area contributed by atoms with Crippen LogP contribution < -0.4 is 0 Å². The molecule has 4 rings (SSSR count). The minimum atomic E-state index is 0.735. The van der Waals surface area contributed by atoms with Gasteiger partial charge in [0, 0.05) is 11.8 Å². The Hall–Kier alpha value is -2.44. The van der Waals surface area contributed by atoms with Crippen LogP contribution in [0.25, 0.3) is 16.3 Å². The second-order valence-corrected chi connectivity index (χ2v) is 6.45. The van der Waals surface area contributed by atoms with E-state index in [1.54, 1.807) is 11.3 Å². The lowest BCUT2D eigenvalue weighted by Crippen LogP contribution is -2.32. The van der Waals surface area contributed by atoms with Crippen LogP contribution in [0, 0.1) is 0 Å². The van der Waals surface area contributed by atoms with Crippen LogP contribution in [0.4, 0.5) is 0 Å². The Kier molecular flexibility index (Phi) is 4.40. The number of hydrogen-bond donors (Lipinski definition) is 0. The third kappa shape index (κ3) is 3.25. The molecule has 1 saturated heterocycles. The fraction of sp³-hybridized carbons (Fsp3) is 0.222. The average Bonchev–Trinajstić information content (AvgIpc) is 3.31. The maximum Gasteiger partial charge on any atom is 0.112 e. The van der Waals surface area contributed by atoms with Crippen molar-refractivity contribution in [2.45, 2.75) is 0 Å². The first-order valence-corrected chi connectivity index (χ1v) is 8.84. The molecule has 0 aliphatic carbocycles. The predicted molar refractivity (Wildman–Crippen MR) is 96.9 cm³/mol. The summed E-state index contributed by atoms with van der Waals surface area (Å²) in [5, 5.41) is 13.5. The van der Waals surface area contributed by atoms with Gasteiger partial charge in [-0.2, -0.15) is 10.2 Å². The Morgan fingerprint density at radius 3 is 2.67 bits per heavy atom. The summed E-state index contributed by atoms with van der Waals surface area (Å²) < 4.78 is 7.28. The SMILES string of the molecule is C(=NN1CCOCC1)c1cn(-c2ccccc2)nc1-c1cccs1. The van der Waals surface area contributed by atoms with E-state index in [0.29, 0.717) is 0 Å². The highest BCUT2D eigenvalue weighted by Gasteiger charge is 2.13. The number of para-hydroxylation sites is 1. The molecule has 3 heterocycles. The lowest BCUT2D eigenvalue weighted by atomic mass is 10.2. The Bertz CT molecular complexity index is 805. The van der Waals surface area contributed by atoms with E-state index in [-0.39, 0.29) is 0 Å². The Morgan fingerprint density at radius 2 is 1.92 bits per heavy atom. The Morgan fingerprint density at radius 1 is 1.08 bits per heavy atom. The van der Waals surface area contributed by atoms with Gasteiger partial charge >= 0.3 is 0 Å². The van der Waals surface area contributed by atoms with Crippen molar-refractivity contribution in [2.24, 2.45) is 5.10 Å². The van der Waals surface area contributed by atoms with E-state index < -0.39 is 0 Å². The number of morpholine rings is 1. The number of rotatable bonds is 4. The predicted octanol–water partition coefficient (Wildman–Crippen LogP) is 3.27. The number of aromatic nitrogens is 2. The molecule has 0 radical (unpaired) electrons. The molecular weight excluding hydrogens is 320 g/mol. The van der Waals surface area contributed by atoms with Crippen molar-refractivity contribution >= 4 is 17.6 Å². The first-order valence-electron chi connectivity index (χ1n) is 7.96. The molecule has 2 aromatic heterocycles. The molecule has 6 heteroatoms. The fourth-order valence-corrected chi connectivity index (χ4v) is 3.34. The normalized spacial score (nSPS) is 15.2. The summed E-state index contributed by atoms with van der Waals surface area (Å²) >= 11 is 1.69. The average molecular weight is 338 g/mol. The van der Waals surface area contributed by atoms with E-state index in [1.807, 2.05) is 58.5 Å². The van der Waals surface area contributed by atoms with E-state index >= 15 is 0 Å². The van der Waals surface area contributed by atoms with Gasteiger partial charge in [-0.3, -0.25) is 5.01 Å². The van der Waals surface area contributed by atoms with Gasteiger partial charge < -0.3 is 4.74 Å². The molecule has 1 aliphatic rings. The molecule has 1 fully saturated rings. The molecular formula is C18H18N4OS. The summed E-state index contributed by atoms with van der Waals surface area (Å²) in [6, 6.07) is 14.3. The molecule has 3 aromatic rings. The van der Waals surface area contributed by atoms with E-state index in [9.17, 15) is 0 Å². The van der Waals surface area contributed by atoms with Crippen LogP contribution in [0.3, 0.4) is 0 Å². The van der Waals surface area contributed by atoms with Crippen molar-refractivity contribution in [3.8, 4) is 16.3 Å². The second kappa shape index (κ2) is 6.98. The first-order chi connectivity index (χ1) is 11.9. The summed E-state index contributed by atoms with van der Waals surface area (Å²) in [6.07, 6.45) is 3.95. The van der Waals surface area contributed by atoms with Crippen LogP contribution in [-0.4, -0.2) is 47.3 Å². The smallest absolute Gasteiger partial charge is 0.112 e. The molecule has 24 heavy (non-hydrogen) atoms. The van der Waals surface area contributed by atoms with Crippen LogP contribution in [0.2, 0.25) is 0 Å². The highest BCUT2D eigenvalue weighted by Crippen LogP contribution is 2.27. The molecule has 0 N–H and O–H groups in total. The standard InChI is InChI=1S/C18H18N4OS/c1-2-5-16(6-3-1)22-14-15(13-19-21-8-10-23-11-9-21)18(20-22)17-7-4-12-24-17/h1-7,12-14H,8-11H2. The molecule has 0 saturated carbocycles. The molecule has 122 valence electrons. The molecule has 0 spiro atoms. The fourth-order valence-electron chi connectivity index (χ4n) is 2.61. The van der Waals surface area contributed by atoms with Crippen LogP contribution in [-0.2, 0) is 4.74 Å². The van der Waals surface area contributed by atoms with E-state index in [0.717, 1.165) is 48.1 Å². The minimum absolute atomic E-state index is 0.735. The molecule has 0 atom stereocenters. The summed E-state index contributed by atoms with van der Waals surface area (Å²) in [4.78, 5) is 1.15. The number of benzene rings is 1. The number of thiophene rings is 1. The van der Waals surface area contributed by atoms with Crippen LogP contribution >= 0.6 is 11.3 Å². The third-order valence-electron chi connectivity index (χ3n) is 3.87. The zero-order valence-electron chi connectivity index (χ0n) is 13.2. The number of nitrogens with zero attached hydrogens (tertiary/aromatic N) is 4. The number of ether oxygens (including phenoxy) is 1. The maximum absolute atomic E-state index is 5.37. The van der Waals surface area contributed by atoms with Gasteiger partial charge in [0.05, 0.1) is 43.1 Å². The third-order valence-corrected chi connectivity index (χ3v) is 4.74. The highest BCUT2D eigenvalue weighted by atomic mass is 32.1. The Balaban J connectivity index is 1.68. The zero-order chi connectivity index (χ0) is 16.2. The molecule has 1 aliphatic heterocycles. The van der Waals surface area contributed by atoms with Crippen molar-refractivity contribution in [3.05, 3.63) is 59.6 Å². The molecule has 1 aromatic carbocycles. The number of hydrogen-bond acceptors (Lipinski definition) is 5. The quantitative estimate of drug-likeness (QED) is 0.686. The second-order valence-electron chi connectivity index (χ2n) is 5.50. The summed E-state index contributed by atoms with van der Waals surface area (Å²) in [6.45, 7) is 3.13. The van der Waals surface area contributed by atoms with Gasteiger partial charge in [-0.15, -0.1) is 11.3 Å². The lowest BCUT2D eigenvalue weighted by Gasteiger charge is -2.23. The Labute approximate surface area is 144 Å². The zero-order valence-corrected chi connectivity index (χ0v) is 14.0. The molecule has 0 unspecified atom stereocenters. The van der Waals surface area contributed by atoms with Crippen LogP contribution in [0.5, 0.6) is 0 Å². The van der Waals surface area contributed by atoms with Gasteiger partial charge in [0.2, 0.25) is 0 Å². The summed E-state index contributed by atoms with van der Waals surface area (Å²) in [5.41, 5.74) is 3.03. The maximum atomic E-state index is 5.37. The minimum Gasteiger partial charge on any atom is -0.378 e. The van der Waals surface area contributed by atoms with Gasteiger partial charge in [-0.1, -0.05) is 24.3 Å². The number of hydrazone groups is 1. The summed E-state index contributed by atoms with van der Waals surface area (Å²) in [5.74, 6) is 0. The van der Waals surface area contributed by atoms with Crippen molar-refractivity contribution in [2.75, 3.05) is 26.3 Å². The largest absolute Gasteiger partial charge is 0.378 e. The van der Waals surface area contributed by atoms with Crippen LogP contribution in [0.15, 0.2) is 59.1 Å². The molecule has 5 nitrogen and oxygen atoms in total. The van der Waals surface area contributed by atoms with Gasteiger partial charge in [-0.05, 0) is 23.6 Å². The van der Waals surface area contributed by atoms with Gasteiger partial charge in [0.1, 0.15) is 5.69 Å². The monoisotopic (exact) mass is 338 g/mol. The van der Waals surface area contributed by atoms with Crippen molar-refractivity contribution in [1.82, 2.24) is 14.8 Å². The van der Waals surface area contributed by atoms with Crippen LogP contribution in [0.1, 0.15) is 5.56 Å². The molecule has 0 amide bonds. The van der Waals surface area contributed by atoms with Gasteiger partial charge in [0.25, 0.3) is 0 Å². The molecule has 0 bridgehead atoms. The topological polar surface area (TPSA) is 42.6 Å². The van der Waals surface area contributed by atoms with E-state index in [2.05, 4.69) is 16.5 Å².